The van der Waals surface area contributed by atoms with Gasteiger partial charge in [-0.2, -0.15) is 5.10 Å². The molecular weight excluding hydrogens is 248 g/mol. The van der Waals surface area contributed by atoms with Crippen molar-refractivity contribution < 1.29 is 4.79 Å². The van der Waals surface area contributed by atoms with Crippen molar-refractivity contribution in [1.29, 1.82) is 0 Å². The van der Waals surface area contributed by atoms with Gasteiger partial charge in [0.2, 0.25) is 5.91 Å². The zero-order valence-corrected chi connectivity index (χ0v) is 10.8. The summed E-state index contributed by atoms with van der Waals surface area (Å²) in [6.07, 6.45) is 1.43. The molecule has 0 aliphatic rings. The van der Waals surface area contributed by atoms with Crippen LogP contribution in [0.5, 0.6) is 0 Å². The van der Waals surface area contributed by atoms with Gasteiger partial charge in [0.15, 0.2) is 5.16 Å². The Morgan fingerprint density at radius 1 is 1.44 bits per heavy atom. The van der Waals surface area contributed by atoms with Gasteiger partial charge in [-0.25, -0.2) is 4.98 Å². The minimum absolute atomic E-state index is 0.0137. The molecule has 0 fully saturated rings. The third kappa shape index (κ3) is 3.59. The monoisotopic (exact) mass is 262 g/mol. The van der Waals surface area contributed by atoms with E-state index in [2.05, 4.69) is 20.5 Å². The summed E-state index contributed by atoms with van der Waals surface area (Å²) in [7, 11) is 0. The van der Waals surface area contributed by atoms with Crippen LogP contribution in [0.2, 0.25) is 0 Å². The molecule has 0 saturated heterocycles. The molecule has 0 bridgehead atoms. The maximum absolute atomic E-state index is 11.8. The van der Waals surface area contributed by atoms with Gasteiger partial charge in [0.1, 0.15) is 6.33 Å². The minimum Gasteiger partial charge on any atom is -0.351 e. The largest absolute Gasteiger partial charge is 0.351 e. The number of amides is 1. The smallest absolute Gasteiger partial charge is 0.233 e. The Morgan fingerprint density at radius 3 is 2.89 bits per heavy atom. The minimum atomic E-state index is -0.207. The van der Waals surface area contributed by atoms with E-state index in [-0.39, 0.29) is 11.2 Å². The Labute approximate surface area is 109 Å². The number of hydrogen-bond acceptors (Lipinski definition) is 4. The van der Waals surface area contributed by atoms with E-state index in [9.17, 15) is 4.79 Å². The second kappa shape index (κ2) is 6.20. The topological polar surface area (TPSA) is 70.7 Å². The lowest BCUT2D eigenvalue weighted by molar-refractivity contribution is -0.120. The van der Waals surface area contributed by atoms with Crippen molar-refractivity contribution in [2.24, 2.45) is 0 Å². The molecule has 1 heterocycles. The normalized spacial score (nSPS) is 12.1. The highest BCUT2D eigenvalue weighted by molar-refractivity contribution is 8.00. The van der Waals surface area contributed by atoms with E-state index >= 15 is 0 Å². The van der Waals surface area contributed by atoms with Crippen LogP contribution in [0.4, 0.5) is 0 Å². The average molecular weight is 262 g/mol. The Morgan fingerprint density at radius 2 is 2.22 bits per heavy atom. The molecule has 0 saturated carbocycles. The summed E-state index contributed by atoms with van der Waals surface area (Å²) in [6.45, 7) is 2.38. The van der Waals surface area contributed by atoms with Gasteiger partial charge in [-0.1, -0.05) is 42.1 Å². The standard InChI is InChI=1S/C12H14N4OS/c1-9(18-12-14-8-15-16-12)11(17)13-7-10-5-3-2-4-6-10/h2-6,8-9H,7H2,1H3,(H,13,17)(H,14,15,16)/t9-/m1/s1. The van der Waals surface area contributed by atoms with Gasteiger partial charge in [-0.3, -0.25) is 9.89 Å². The van der Waals surface area contributed by atoms with E-state index in [4.69, 9.17) is 0 Å². The molecule has 0 radical (unpaired) electrons. The Balaban J connectivity index is 1.81. The van der Waals surface area contributed by atoms with E-state index in [0.29, 0.717) is 11.7 Å². The predicted molar refractivity (Wildman–Crippen MR) is 70.0 cm³/mol. The molecular formula is C12H14N4OS. The van der Waals surface area contributed by atoms with Crippen molar-refractivity contribution in [3.8, 4) is 0 Å². The Kier molecular flexibility index (Phi) is 4.35. The number of benzene rings is 1. The zero-order valence-electron chi connectivity index (χ0n) is 9.96. The average Bonchev–Trinajstić information content (AvgIpc) is 2.90. The van der Waals surface area contributed by atoms with Crippen LogP contribution in [0.1, 0.15) is 12.5 Å². The number of carbonyl (C=O) groups excluding carboxylic acids is 1. The molecule has 0 aliphatic carbocycles. The molecule has 5 nitrogen and oxygen atoms in total. The Bertz CT molecular complexity index is 486. The second-order valence-corrected chi connectivity index (χ2v) is 5.08. The predicted octanol–water partition coefficient (Wildman–Crippen LogP) is 1.60. The van der Waals surface area contributed by atoms with Crippen LogP contribution in [0.15, 0.2) is 41.8 Å². The molecule has 0 unspecified atom stereocenters. The SMILES string of the molecule is C[C@@H](Sc1ncn[nH]1)C(=O)NCc1ccccc1. The molecule has 1 aromatic heterocycles. The number of H-pyrrole nitrogens is 1. The number of aromatic nitrogens is 3. The molecule has 0 aliphatic heterocycles. The number of nitrogens with one attached hydrogen (secondary N) is 2. The molecule has 2 aromatic rings. The fourth-order valence-corrected chi connectivity index (χ4v) is 2.14. The molecule has 2 N–H and O–H groups in total. The van der Waals surface area contributed by atoms with Crippen molar-refractivity contribution in [1.82, 2.24) is 20.5 Å². The number of carbonyl (C=O) groups is 1. The molecule has 18 heavy (non-hydrogen) atoms. The molecule has 1 aromatic carbocycles. The molecule has 94 valence electrons. The van der Waals surface area contributed by atoms with Gasteiger partial charge < -0.3 is 5.32 Å². The third-order valence-corrected chi connectivity index (χ3v) is 3.35. The van der Waals surface area contributed by atoms with Crippen molar-refractivity contribution in [2.45, 2.75) is 23.9 Å². The maximum atomic E-state index is 11.8. The van der Waals surface area contributed by atoms with Crippen LogP contribution in [0.3, 0.4) is 0 Å². The lowest BCUT2D eigenvalue weighted by Gasteiger charge is -2.10. The van der Waals surface area contributed by atoms with Gasteiger partial charge >= 0.3 is 0 Å². The quantitative estimate of drug-likeness (QED) is 0.803. The molecule has 6 heteroatoms. The van der Waals surface area contributed by atoms with E-state index in [1.165, 1.54) is 18.1 Å². The number of thioether (sulfide) groups is 1. The first kappa shape index (κ1) is 12.6. The first-order valence-electron chi connectivity index (χ1n) is 5.59. The van der Waals surface area contributed by atoms with E-state index in [0.717, 1.165) is 5.56 Å². The van der Waals surface area contributed by atoms with Crippen LogP contribution in [0.25, 0.3) is 0 Å². The summed E-state index contributed by atoms with van der Waals surface area (Å²) >= 11 is 1.35. The first-order chi connectivity index (χ1) is 8.75. The van der Waals surface area contributed by atoms with Crippen LogP contribution >= 0.6 is 11.8 Å². The van der Waals surface area contributed by atoms with Crippen LogP contribution in [-0.2, 0) is 11.3 Å². The van der Waals surface area contributed by atoms with Crippen molar-refractivity contribution in [3.05, 3.63) is 42.2 Å². The lowest BCUT2D eigenvalue weighted by Crippen LogP contribution is -2.30. The summed E-state index contributed by atoms with van der Waals surface area (Å²) < 4.78 is 0. The molecule has 1 atom stereocenters. The molecule has 2 rings (SSSR count). The summed E-state index contributed by atoms with van der Waals surface area (Å²) in [5.74, 6) is -0.0137. The number of nitrogens with zero attached hydrogens (tertiary/aromatic N) is 2. The fraction of sp³-hybridized carbons (Fsp3) is 0.250. The van der Waals surface area contributed by atoms with Crippen molar-refractivity contribution >= 4 is 17.7 Å². The van der Waals surface area contributed by atoms with Gasteiger partial charge in [-0.05, 0) is 12.5 Å². The van der Waals surface area contributed by atoms with Crippen LogP contribution in [0, 0.1) is 0 Å². The van der Waals surface area contributed by atoms with E-state index < -0.39 is 0 Å². The summed E-state index contributed by atoms with van der Waals surface area (Å²) in [5.41, 5.74) is 1.09. The molecule has 1 amide bonds. The summed E-state index contributed by atoms with van der Waals surface area (Å²) in [4.78, 5) is 15.8. The third-order valence-electron chi connectivity index (χ3n) is 2.36. The van der Waals surface area contributed by atoms with E-state index in [1.807, 2.05) is 37.3 Å². The highest BCUT2D eigenvalue weighted by Gasteiger charge is 2.15. The zero-order chi connectivity index (χ0) is 12.8. The van der Waals surface area contributed by atoms with Gasteiger partial charge in [-0.15, -0.1) is 0 Å². The summed E-state index contributed by atoms with van der Waals surface area (Å²) in [5, 5.41) is 9.79. The molecule has 0 spiro atoms. The van der Waals surface area contributed by atoms with Crippen molar-refractivity contribution in [3.63, 3.8) is 0 Å². The van der Waals surface area contributed by atoms with Gasteiger partial charge in [0.05, 0.1) is 5.25 Å². The van der Waals surface area contributed by atoms with E-state index in [1.54, 1.807) is 0 Å². The number of aromatic amines is 1. The van der Waals surface area contributed by atoms with Crippen molar-refractivity contribution in [2.75, 3.05) is 0 Å². The van der Waals surface area contributed by atoms with Gasteiger partial charge in [0.25, 0.3) is 0 Å². The highest BCUT2D eigenvalue weighted by Crippen LogP contribution is 2.17. The van der Waals surface area contributed by atoms with Gasteiger partial charge in [0, 0.05) is 6.54 Å². The van der Waals surface area contributed by atoms with Crippen LogP contribution < -0.4 is 5.32 Å². The summed E-state index contributed by atoms with van der Waals surface area (Å²) in [6, 6.07) is 9.82. The second-order valence-electron chi connectivity index (χ2n) is 3.75. The Hall–Kier alpha value is -1.82. The number of hydrogen-bond donors (Lipinski definition) is 2. The van der Waals surface area contributed by atoms with Crippen LogP contribution in [-0.4, -0.2) is 26.3 Å². The number of rotatable bonds is 5. The highest BCUT2D eigenvalue weighted by atomic mass is 32.2. The first-order valence-corrected chi connectivity index (χ1v) is 6.47. The lowest BCUT2D eigenvalue weighted by atomic mass is 10.2. The maximum Gasteiger partial charge on any atom is 0.233 e. The fourth-order valence-electron chi connectivity index (χ4n) is 1.40.